The molecule has 126 valence electrons. The van der Waals surface area contributed by atoms with Crippen molar-refractivity contribution in [2.45, 2.75) is 26.3 Å². The van der Waals surface area contributed by atoms with E-state index in [1.807, 2.05) is 46.2 Å². The van der Waals surface area contributed by atoms with Crippen LogP contribution in [0.5, 0.6) is 0 Å². The Morgan fingerprint density at radius 1 is 1.12 bits per heavy atom. The van der Waals surface area contributed by atoms with E-state index < -0.39 is 0 Å². The monoisotopic (exact) mass is 342 g/mol. The van der Waals surface area contributed by atoms with E-state index in [1.165, 1.54) is 4.88 Å². The lowest BCUT2D eigenvalue weighted by Gasteiger charge is -2.41. The Morgan fingerprint density at radius 2 is 1.88 bits per heavy atom. The summed E-state index contributed by atoms with van der Waals surface area (Å²) in [5.41, 5.74) is 1.08. The van der Waals surface area contributed by atoms with Gasteiger partial charge < -0.3 is 9.80 Å². The van der Waals surface area contributed by atoms with Gasteiger partial charge in [-0.15, -0.1) is 11.3 Å². The van der Waals surface area contributed by atoms with E-state index in [1.54, 1.807) is 18.3 Å². The number of benzene rings is 1. The molecular weight excluding hydrogens is 320 g/mol. The maximum atomic E-state index is 12.9. The summed E-state index contributed by atoms with van der Waals surface area (Å²) in [5.74, 6) is 0.200. The molecule has 4 nitrogen and oxygen atoms in total. The van der Waals surface area contributed by atoms with Gasteiger partial charge in [-0.3, -0.25) is 9.59 Å². The number of thiophene rings is 1. The molecule has 1 aromatic carbocycles. The largest absolute Gasteiger partial charge is 0.339 e. The maximum absolute atomic E-state index is 12.9. The lowest BCUT2D eigenvalue weighted by atomic mass is 10.0. The van der Waals surface area contributed by atoms with Gasteiger partial charge in [-0.25, -0.2) is 0 Å². The lowest BCUT2D eigenvalue weighted by Crippen LogP contribution is -2.52. The molecule has 24 heavy (non-hydrogen) atoms. The third-order valence-electron chi connectivity index (χ3n) is 4.45. The Bertz CT molecular complexity index is 726. The van der Waals surface area contributed by atoms with E-state index in [-0.39, 0.29) is 17.9 Å². The molecule has 0 radical (unpaired) electrons. The highest BCUT2D eigenvalue weighted by Gasteiger charge is 2.32. The van der Waals surface area contributed by atoms with Crippen molar-refractivity contribution in [3.63, 3.8) is 0 Å². The number of nitrogens with zero attached hydrogens (tertiary/aromatic N) is 2. The molecule has 0 saturated carbocycles. The van der Waals surface area contributed by atoms with Gasteiger partial charge in [0, 0.05) is 36.3 Å². The van der Waals surface area contributed by atoms with E-state index in [4.69, 9.17) is 0 Å². The first-order valence-corrected chi connectivity index (χ1v) is 9.01. The van der Waals surface area contributed by atoms with E-state index in [9.17, 15) is 9.59 Å². The molecule has 1 aliphatic rings. The smallest absolute Gasteiger partial charge is 0.228 e. The summed E-state index contributed by atoms with van der Waals surface area (Å²) in [6, 6.07) is 14.0. The van der Waals surface area contributed by atoms with Crippen LogP contribution < -0.4 is 0 Å². The third kappa shape index (κ3) is 3.67. The average Bonchev–Trinajstić information content (AvgIpc) is 3.00. The van der Waals surface area contributed by atoms with Crippen LogP contribution in [0.1, 0.15) is 28.3 Å². The number of aryl methyl sites for hydroxylation is 1. The number of piperazine rings is 1. The van der Waals surface area contributed by atoms with Crippen LogP contribution in [0.4, 0.5) is 0 Å². The van der Waals surface area contributed by atoms with Crippen molar-refractivity contribution >= 4 is 23.2 Å². The van der Waals surface area contributed by atoms with Crippen LogP contribution in [0.25, 0.3) is 0 Å². The fourth-order valence-corrected chi connectivity index (χ4v) is 4.04. The van der Waals surface area contributed by atoms with E-state index in [2.05, 4.69) is 13.0 Å². The van der Waals surface area contributed by atoms with E-state index in [0.717, 1.165) is 10.4 Å². The third-order valence-corrected chi connectivity index (χ3v) is 5.45. The highest BCUT2D eigenvalue weighted by atomic mass is 32.1. The van der Waals surface area contributed by atoms with Gasteiger partial charge in [-0.2, -0.15) is 0 Å². The molecule has 0 spiro atoms. The zero-order chi connectivity index (χ0) is 17.1. The molecular formula is C19H22N2O2S. The summed E-state index contributed by atoms with van der Waals surface area (Å²) >= 11 is 1.67. The second-order valence-corrected chi connectivity index (χ2v) is 7.54. The Labute approximate surface area is 146 Å². The highest BCUT2D eigenvalue weighted by Crippen LogP contribution is 2.27. The molecule has 1 fully saturated rings. The van der Waals surface area contributed by atoms with Gasteiger partial charge >= 0.3 is 0 Å². The minimum Gasteiger partial charge on any atom is -0.339 e. The van der Waals surface area contributed by atoms with Crippen LogP contribution in [-0.4, -0.2) is 41.2 Å². The normalized spacial score (nSPS) is 17.8. The van der Waals surface area contributed by atoms with Crippen molar-refractivity contribution in [3.05, 3.63) is 57.8 Å². The Morgan fingerprint density at radius 3 is 2.50 bits per heavy atom. The molecule has 0 N–H and O–H groups in total. The zero-order valence-electron chi connectivity index (χ0n) is 14.1. The molecule has 1 saturated heterocycles. The minimum atomic E-state index is -0.0718. The standard InChI is InChI=1S/C19H22N2O2S/c1-14-8-9-17(24-14)12-19(23)21-11-10-20(15(2)22)13-18(21)16-6-4-3-5-7-16/h3-9,18H,10-13H2,1-2H3/t18-/m1/s1. The topological polar surface area (TPSA) is 40.6 Å². The number of rotatable bonds is 3. The molecule has 2 heterocycles. The van der Waals surface area contributed by atoms with Gasteiger partial charge in [0.2, 0.25) is 11.8 Å². The average molecular weight is 342 g/mol. The molecule has 5 heteroatoms. The van der Waals surface area contributed by atoms with E-state index in [0.29, 0.717) is 26.1 Å². The van der Waals surface area contributed by atoms with Gasteiger partial charge in [-0.05, 0) is 24.6 Å². The Balaban J connectivity index is 1.81. The van der Waals surface area contributed by atoms with Gasteiger partial charge in [0.15, 0.2) is 0 Å². The van der Waals surface area contributed by atoms with Gasteiger partial charge in [0.1, 0.15) is 0 Å². The van der Waals surface area contributed by atoms with Gasteiger partial charge in [0.25, 0.3) is 0 Å². The number of hydrogen-bond acceptors (Lipinski definition) is 3. The number of carbonyl (C=O) groups is 2. The van der Waals surface area contributed by atoms with Crippen molar-refractivity contribution < 1.29 is 9.59 Å². The first-order chi connectivity index (χ1) is 11.5. The molecule has 1 aliphatic heterocycles. The number of carbonyl (C=O) groups excluding carboxylic acids is 2. The summed E-state index contributed by atoms with van der Waals surface area (Å²) in [5, 5.41) is 0. The van der Waals surface area contributed by atoms with Crippen LogP contribution in [0, 0.1) is 6.92 Å². The molecule has 0 aliphatic carbocycles. The second-order valence-electron chi connectivity index (χ2n) is 6.17. The van der Waals surface area contributed by atoms with Crippen LogP contribution >= 0.6 is 11.3 Å². The summed E-state index contributed by atoms with van der Waals surface area (Å²) < 4.78 is 0. The fraction of sp³-hybridized carbons (Fsp3) is 0.368. The summed E-state index contributed by atoms with van der Waals surface area (Å²) in [6.07, 6.45) is 0.432. The molecule has 2 aromatic rings. The predicted octanol–water partition coefficient (Wildman–Crippen LogP) is 3.03. The van der Waals surface area contributed by atoms with Crippen molar-refractivity contribution in [1.29, 1.82) is 0 Å². The predicted molar refractivity (Wildman–Crippen MR) is 95.9 cm³/mol. The van der Waals surface area contributed by atoms with Crippen molar-refractivity contribution in [3.8, 4) is 0 Å². The minimum absolute atomic E-state index is 0.0666. The maximum Gasteiger partial charge on any atom is 0.228 e. The van der Waals surface area contributed by atoms with Crippen molar-refractivity contribution in [1.82, 2.24) is 9.80 Å². The Kier molecular flexibility index (Phi) is 5.00. The summed E-state index contributed by atoms with van der Waals surface area (Å²) in [6.45, 7) is 5.40. The molecule has 1 aromatic heterocycles. The zero-order valence-corrected chi connectivity index (χ0v) is 14.9. The summed E-state index contributed by atoms with van der Waals surface area (Å²) in [4.78, 5) is 30.7. The first kappa shape index (κ1) is 16.7. The Hall–Kier alpha value is -2.14. The summed E-state index contributed by atoms with van der Waals surface area (Å²) in [7, 11) is 0. The quantitative estimate of drug-likeness (QED) is 0.860. The van der Waals surface area contributed by atoms with Gasteiger partial charge in [-0.1, -0.05) is 30.3 Å². The molecule has 1 atom stereocenters. The lowest BCUT2D eigenvalue weighted by molar-refractivity contribution is -0.141. The van der Waals surface area contributed by atoms with Crippen molar-refractivity contribution in [2.75, 3.05) is 19.6 Å². The first-order valence-electron chi connectivity index (χ1n) is 8.20. The molecule has 3 rings (SSSR count). The van der Waals surface area contributed by atoms with Crippen molar-refractivity contribution in [2.24, 2.45) is 0 Å². The number of amides is 2. The highest BCUT2D eigenvalue weighted by molar-refractivity contribution is 7.12. The van der Waals surface area contributed by atoms with Crippen LogP contribution in [0.2, 0.25) is 0 Å². The van der Waals surface area contributed by atoms with Crippen LogP contribution in [0.15, 0.2) is 42.5 Å². The van der Waals surface area contributed by atoms with Crippen LogP contribution in [0.3, 0.4) is 0 Å². The van der Waals surface area contributed by atoms with Gasteiger partial charge in [0.05, 0.1) is 12.5 Å². The van der Waals surface area contributed by atoms with Crippen LogP contribution in [-0.2, 0) is 16.0 Å². The molecule has 0 bridgehead atoms. The van der Waals surface area contributed by atoms with E-state index >= 15 is 0 Å². The molecule has 2 amide bonds. The fourth-order valence-electron chi connectivity index (χ4n) is 3.16. The second kappa shape index (κ2) is 7.18. The SMILES string of the molecule is CC(=O)N1CCN(C(=O)Cc2ccc(C)s2)[C@@H](c2ccccc2)C1. The molecule has 0 unspecified atom stereocenters. The number of hydrogen-bond donors (Lipinski definition) is 0.